The highest BCUT2D eigenvalue weighted by Crippen LogP contribution is 2.57. The third kappa shape index (κ3) is 2.94. The molecule has 0 amide bonds. The van der Waals surface area contributed by atoms with E-state index in [2.05, 4.69) is 70.5 Å². The van der Waals surface area contributed by atoms with Crippen LogP contribution in [0.2, 0.25) is 0 Å². The van der Waals surface area contributed by atoms with Gasteiger partial charge in [0.15, 0.2) is 5.60 Å². The van der Waals surface area contributed by atoms with Crippen LogP contribution in [0.3, 0.4) is 0 Å². The van der Waals surface area contributed by atoms with Gasteiger partial charge < -0.3 is 5.11 Å². The normalized spacial score (nSPS) is 17.4. The van der Waals surface area contributed by atoms with Crippen molar-refractivity contribution in [1.29, 1.82) is 0 Å². The summed E-state index contributed by atoms with van der Waals surface area (Å²) < 4.78 is 2.23. The van der Waals surface area contributed by atoms with Gasteiger partial charge in [0.05, 0.1) is 4.88 Å². The van der Waals surface area contributed by atoms with E-state index in [9.17, 15) is 5.11 Å². The molecule has 2 heterocycles. The Labute approximate surface area is 197 Å². The van der Waals surface area contributed by atoms with E-state index in [1.54, 1.807) is 23.1 Å². The standard InChI is InChI=1S/C27H17BrOS2/c28-18-14-15-20-24(16-18)31-26-25(20)30-23-13-7-6-12-22(23)27(26,29)21-11-5-4-10-19(21)17-8-2-1-3-9-17/h1-16,29H. The number of hydrogen-bond donors (Lipinski definition) is 1. The molecule has 150 valence electrons. The molecule has 1 aliphatic rings. The smallest absolute Gasteiger partial charge is 0.152 e. The van der Waals surface area contributed by atoms with Crippen molar-refractivity contribution in [3.8, 4) is 11.1 Å². The molecule has 0 saturated heterocycles. The van der Waals surface area contributed by atoms with Crippen LogP contribution in [0.1, 0.15) is 16.0 Å². The maximum absolute atomic E-state index is 12.6. The lowest BCUT2D eigenvalue weighted by Gasteiger charge is -2.36. The van der Waals surface area contributed by atoms with Crippen LogP contribution in [0.15, 0.2) is 111 Å². The van der Waals surface area contributed by atoms with E-state index in [1.807, 2.05) is 42.5 Å². The van der Waals surface area contributed by atoms with Crippen LogP contribution < -0.4 is 0 Å². The summed E-state index contributed by atoms with van der Waals surface area (Å²) in [4.78, 5) is 3.24. The summed E-state index contributed by atoms with van der Waals surface area (Å²) in [6.07, 6.45) is 0. The minimum atomic E-state index is -1.22. The fourth-order valence-corrected chi connectivity index (χ4v) is 7.71. The Morgan fingerprint density at radius 2 is 1.45 bits per heavy atom. The van der Waals surface area contributed by atoms with E-state index in [0.717, 1.165) is 41.4 Å². The van der Waals surface area contributed by atoms with Gasteiger partial charge in [-0.1, -0.05) is 107 Å². The van der Waals surface area contributed by atoms with Crippen molar-refractivity contribution in [3.05, 3.63) is 118 Å². The molecule has 1 aromatic heterocycles. The van der Waals surface area contributed by atoms with Gasteiger partial charge in [-0.25, -0.2) is 0 Å². The van der Waals surface area contributed by atoms with Crippen molar-refractivity contribution in [2.75, 3.05) is 0 Å². The Balaban J connectivity index is 1.71. The Hall–Kier alpha value is -2.37. The summed E-state index contributed by atoms with van der Waals surface area (Å²) in [6, 6.07) is 33.2. The first-order chi connectivity index (χ1) is 15.2. The van der Waals surface area contributed by atoms with E-state index in [1.165, 1.54) is 10.1 Å². The second-order valence-corrected chi connectivity index (χ2v) is 10.6. The molecule has 0 radical (unpaired) electrons. The van der Waals surface area contributed by atoms with Gasteiger partial charge in [0.2, 0.25) is 0 Å². The molecule has 1 N–H and O–H groups in total. The Bertz CT molecular complexity index is 1440. The third-order valence-corrected chi connectivity index (χ3v) is 8.91. The molecule has 1 aliphatic heterocycles. The second kappa shape index (κ2) is 7.35. The zero-order chi connectivity index (χ0) is 21.0. The lowest BCUT2D eigenvalue weighted by Crippen LogP contribution is -2.31. The molecular weight excluding hydrogens is 484 g/mol. The van der Waals surface area contributed by atoms with E-state index in [4.69, 9.17) is 0 Å². The summed E-state index contributed by atoms with van der Waals surface area (Å²) >= 11 is 7.05. The van der Waals surface area contributed by atoms with Crippen LogP contribution in [0, 0.1) is 0 Å². The van der Waals surface area contributed by atoms with Crippen molar-refractivity contribution in [2.45, 2.75) is 15.4 Å². The Morgan fingerprint density at radius 1 is 0.742 bits per heavy atom. The van der Waals surface area contributed by atoms with Gasteiger partial charge in [-0.15, -0.1) is 11.3 Å². The number of rotatable bonds is 2. The van der Waals surface area contributed by atoms with Gasteiger partial charge in [0, 0.05) is 35.5 Å². The molecule has 1 atom stereocenters. The van der Waals surface area contributed by atoms with E-state index in [0.29, 0.717) is 0 Å². The van der Waals surface area contributed by atoms with Crippen LogP contribution in [-0.4, -0.2) is 5.11 Å². The summed E-state index contributed by atoms with van der Waals surface area (Å²) in [6.45, 7) is 0. The molecule has 0 aliphatic carbocycles. The molecule has 1 nitrogen and oxygen atoms in total. The zero-order valence-electron chi connectivity index (χ0n) is 16.4. The number of hydrogen-bond acceptors (Lipinski definition) is 3. The average molecular weight is 501 g/mol. The molecule has 1 unspecified atom stereocenters. The lowest BCUT2D eigenvalue weighted by atomic mass is 9.80. The number of aliphatic hydroxyl groups is 1. The highest BCUT2D eigenvalue weighted by Gasteiger charge is 2.44. The maximum Gasteiger partial charge on any atom is 0.152 e. The predicted molar refractivity (Wildman–Crippen MR) is 134 cm³/mol. The van der Waals surface area contributed by atoms with Crippen LogP contribution in [-0.2, 0) is 5.60 Å². The molecule has 4 aromatic carbocycles. The molecule has 31 heavy (non-hydrogen) atoms. The molecule has 0 saturated carbocycles. The number of halogens is 1. The van der Waals surface area contributed by atoms with Gasteiger partial charge in [0.25, 0.3) is 0 Å². The first-order valence-electron chi connectivity index (χ1n) is 10.0. The quantitative estimate of drug-likeness (QED) is 0.264. The van der Waals surface area contributed by atoms with E-state index in [-0.39, 0.29) is 0 Å². The van der Waals surface area contributed by atoms with Gasteiger partial charge in [-0.05, 0) is 29.3 Å². The molecule has 0 bridgehead atoms. The van der Waals surface area contributed by atoms with Crippen molar-refractivity contribution < 1.29 is 5.11 Å². The maximum atomic E-state index is 12.6. The second-order valence-electron chi connectivity index (χ2n) is 7.62. The summed E-state index contributed by atoms with van der Waals surface area (Å²) in [5, 5.41) is 13.8. The molecular formula is C27H17BrOS2. The predicted octanol–water partition coefficient (Wildman–Crippen LogP) is 8.08. The number of fused-ring (bicyclic) bond motifs is 4. The Morgan fingerprint density at radius 3 is 2.29 bits per heavy atom. The van der Waals surface area contributed by atoms with Crippen molar-refractivity contribution in [1.82, 2.24) is 0 Å². The Kier molecular flexibility index (Phi) is 4.58. The topological polar surface area (TPSA) is 20.2 Å². The van der Waals surface area contributed by atoms with Crippen molar-refractivity contribution in [3.63, 3.8) is 0 Å². The third-order valence-electron chi connectivity index (χ3n) is 5.83. The van der Waals surface area contributed by atoms with Crippen LogP contribution >= 0.6 is 39.0 Å². The van der Waals surface area contributed by atoms with Crippen molar-refractivity contribution in [2.24, 2.45) is 0 Å². The highest BCUT2D eigenvalue weighted by molar-refractivity contribution is 9.10. The molecule has 0 fully saturated rings. The average Bonchev–Trinajstić information content (AvgIpc) is 3.18. The van der Waals surface area contributed by atoms with Crippen LogP contribution in [0.4, 0.5) is 0 Å². The van der Waals surface area contributed by atoms with Gasteiger partial charge in [0.1, 0.15) is 0 Å². The van der Waals surface area contributed by atoms with E-state index < -0.39 is 5.60 Å². The molecule has 5 aromatic rings. The minimum Gasteiger partial charge on any atom is -0.375 e. The first kappa shape index (κ1) is 19.3. The SMILES string of the molecule is OC1(c2ccccc2-c2ccccc2)c2ccccc2Sc2c1sc1cc(Br)ccc21. The number of benzene rings is 4. The van der Waals surface area contributed by atoms with E-state index >= 15 is 0 Å². The summed E-state index contributed by atoms with van der Waals surface area (Å²) in [5.41, 5.74) is 2.80. The lowest BCUT2D eigenvalue weighted by molar-refractivity contribution is 0.123. The number of thiophene rings is 1. The van der Waals surface area contributed by atoms with Gasteiger partial charge in [-0.3, -0.25) is 0 Å². The van der Waals surface area contributed by atoms with Crippen LogP contribution in [0.5, 0.6) is 0 Å². The van der Waals surface area contributed by atoms with Gasteiger partial charge >= 0.3 is 0 Å². The first-order valence-corrected chi connectivity index (χ1v) is 12.5. The zero-order valence-corrected chi connectivity index (χ0v) is 19.6. The monoisotopic (exact) mass is 500 g/mol. The minimum absolute atomic E-state index is 0.917. The fraction of sp³-hybridized carbons (Fsp3) is 0.0370. The molecule has 0 spiro atoms. The molecule has 6 rings (SSSR count). The molecule has 4 heteroatoms. The van der Waals surface area contributed by atoms with Crippen LogP contribution in [0.25, 0.3) is 21.2 Å². The highest BCUT2D eigenvalue weighted by atomic mass is 79.9. The largest absolute Gasteiger partial charge is 0.375 e. The fourth-order valence-electron chi connectivity index (χ4n) is 4.41. The summed E-state index contributed by atoms with van der Waals surface area (Å²) in [7, 11) is 0. The van der Waals surface area contributed by atoms with Gasteiger partial charge in [-0.2, -0.15) is 0 Å². The summed E-state index contributed by atoms with van der Waals surface area (Å²) in [5.74, 6) is 0. The van der Waals surface area contributed by atoms with Crippen molar-refractivity contribution >= 4 is 49.1 Å².